The summed E-state index contributed by atoms with van der Waals surface area (Å²) in [5, 5.41) is 13.7. The van der Waals surface area contributed by atoms with Crippen LogP contribution in [-0.4, -0.2) is 35.5 Å². The molecule has 1 aliphatic carbocycles. The molecule has 0 atom stereocenters. The predicted octanol–water partition coefficient (Wildman–Crippen LogP) is 5.73. The van der Waals surface area contributed by atoms with Crippen LogP contribution in [-0.2, 0) is 0 Å². The first-order valence-corrected chi connectivity index (χ1v) is 9.84. The zero-order valence-electron chi connectivity index (χ0n) is 15.9. The van der Waals surface area contributed by atoms with Crippen LogP contribution in [0, 0.1) is 5.41 Å². The van der Waals surface area contributed by atoms with Crippen molar-refractivity contribution in [2.24, 2.45) is 10.6 Å². The Morgan fingerprint density at radius 1 is 1.26 bits per heavy atom. The maximum atomic E-state index is 9.42. The van der Waals surface area contributed by atoms with Crippen LogP contribution in [0.5, 0.6) is 0 Å². The zero-order chi connectivity index (χ0) is 19.3. The Morgan fingerprint density at radius 3 is 2.59 bits per heavy atom. The molecule has 142 valence electrons. The van der Waals surface area contributed by atoms with Crippen molar-refractivity contribution in [2.75, 3.05) is 19.6 Å². The maximum absolute atomic E-state index is 9.42. The van der Waals surface area contributed by atoms with Gasteiger partial charge in [0.2, 0.25) is 0 Å². The molecule has 1 aromatic rings. The normalized spacial score (nSPS) is 23.6. The number of benzene rings is 1. The van der Waals surface area contributed by atoms with E-state index in [4.69, 9.17) is 11.6 Å². The fourth-order valence-electron chi connectivity index (χ4n) is 4.01. The van der Waals surface area contributed by atoms with Crippen molar-refractivity contribution in [1.29, 1.82) is 0 Å². The van der Waals surface area contributed by atoms with Gasteiger partial charge in [-0.05, 0) is 56.1 Å². The van der Waals surface area contributed by atoms with E-state index in [2.05, 4.69) is 28.8 Å². The first kappa shape index (κ1) is 19.7. The molecule has 1 N–H and O–H groups in total. The number of hydrogen-bond acceptors (Lipinski definition) is 3. The molecule has 1 spiro atoms. The summed E-state index contributed by atoms with van der Waals surface area (Å²) >= 11 is 5.93. The van der Waals surface area contributed by atoms with Crippen LogP contribution < -0.4 is 0 Å². The van der Waals surface area contributed by atoms with Gasteiger partial charge in [-0.15, -0.1) is 0 Å². The van der Waals surface area contributed by atoms with Gasteiger partial charge in [0.25, 0.3) is 0 Å². The summed E-state index contributed by atoms with van der Waals surface area (Å²) in [6.07, 6.45) is 13.2. The van der Waals surface area contributed by atoms with E-state index in [1.165, 1.54) is 5.56 Å². The van der Waals surface area contributed by atoms with Crippen LogP contribution in [0.3, 0.4) is 0 Å². The lowest BCUT2D eigenvalue weighted by atomic mass is 9.74. The van der Waals surface area contributed by atoms with Gasteiger partial charge in [0.1, 0.15) is 0 Å². The van der Waals surface area contributed by atoms with Crippen LogP contribution in [0.2, 0.25) is 5.02 Å². The van der Waals surface area contributed by atoms with Crippen LogP contribution in [0.25, 0.3) is 6.08 Å². The van der Waals surface area contributed by atoms with E-state index >= 15 is 0 Å². The molecule has 27 heavy (non-hydrogen) atoms. The molecule has 0 radical (unpaired) electrons. The number of likely N-dealkylation sites (tertiary alicyclic amines) is 1. The molecule has 3 rings (SSSR count). The SMILES string of the molecule is C=C1C(=C\C=C/C)/C(=N/O)CC12CCN(C/C=C/c1ccc(Cl)cc1)CC2. The highest BCUT2D eigenvalue weighted by Gasteiger charge is 2.45. The molecule has 4 heteroatoms. The molecule has 2 aliphatic rings. The molecule has 3 nitrogen and oxygen atoms in total. The van der Waals surface area contributed by atoms with Gasteiger partial charge < -0.3 is 5.21 Å². The highest BCUT2D eigenvalue weighted by Crippen LogP contribution is 2.50. The molecule has 1 saturated heterocycles. The van der Waals surface area contributed by atoms with Crippen molar-refractivity contribution in [1.82, 2.24) is 4.90 Å². The van der Waals surface area contributed by atoms with Gasteiger partial charge in [-0.3, -0.25) is 4.90 Å². The second-order valence-electron chi connectivity index (χ2n) is 7.34. The molecule has 0 unspecified atom stereocenters. The third-order valence-electron chi connectivity index (χ3n) is 5.72. The fraction of sp³-hybridized carbons (Fsp3) is 0.348. The van der Waals surface area contributed by atoms with Crippen molar-refractivity contribution in [2.45, 2.75) is 26.2 Å². The minimum atomic E-state index is 0.0470. The minimum absolute atomic E-state index is 0.0470. The van der Waals surface area contributed by atoms with E-state index in [1.54, 1.807) is 0 Å². The first-order valence-electron chi connectivity index (χ1n) is 9.46. The van der Waals surface area contributed by atoms with E-state index in [-0.39, 0.29) is 5.41 Å². The van der Waals surface area contributed by atoms with Gasteiger partial charge in [-0.1, -0.05) is 65.8 Å². The number of rotatable bonds is 4. The van der Waals surface area contributed by atoms with Crippen LogP contribution in [0.4, 0.5) is 0 Å². The van der Waals surface area contributed by atoms with Gasteiger partial charge in [0.05, 0.1) is 5.71 Å². The number of allylic oxidation sites excluding steroid dienone is 5. The van der Waals surface area contributed by atoms with Crippen LogP contribution >= 0.6 is 11.6 Å². The highest BCUT2D eigenvalue weighted by atomic mass is 35.5. The summed E-state index contributed by atoms with van der Waals surface area (Å²) in [7, 11) is 0. The van der Waals surface area contributed by atoms with Gasteiger partial charge in [0.15, 0.2) is 0 Å². The Balaban J connectivity index is 1.60. The fourth-order valence-corrected chi connectivity index (χ4v) is 4.14. The zero-order valence-corrected chi connectivity index (χ0v) is 16.6. The summed E-state index contributed by atoms with van der Waals surface area (Å²) in [5.74, 6) is 0. The number of nitrogens with zero attached hydrogens (tertiary/aromatic N) is 2. The Hall–Kier alpha value is -2.10. The molecule has 0 amide bonds. The Labute approximate surface area is 167 Å². The third-order valence-corrected chi connectivity index (χ3v) is 5.97. The monoisotopic (exact) mass is 382 g/mol. The Kier molecular flexibility index (Phi) is 6.35. The number of hydrogen-bond donors (Lipinski definition) is 1. The summed E-state index contributed by atoms with van der Waals surface area (Å²) in [6.45, 7) is 9.34. The highest BCUT2D eigenvalue weighted by molar-refractivity contribution is 6.30. The second kappa shape index (κ2) is 8.73. The van der Waals surface area contributed by atoms with Gasteiger partial charge in [-0.2, -0.15) is 0 Å². The van der Waals surface area contributed by atoms with Crippen molar-refractivity contribution < 1.29 is 5.21 Å². The number of piperidine rings is 1. The summed E-state index contributed by atoms with van der Waals surface area (Å²) in [4.78, 5) is 2.47. The molecule has 1 aliphatic heterocycles. The van der Waals surface area contributed by atoms with E-state index in [0.29, 0.717) is 0 Å². The van der Waals surface area contributed by atoms with Crippen LogP contribution in [0.15, 0.2) is 71.5 Å². The molecule has 0 bridgehead atoms. The minimum Gasteiger partial charge on any atom is -0.411 e. The smallest absolute Gasteiger partial charge is 0.0879 e. The average molecular weight is 383 g/mol. The Bertz CT molecular complexity index is 794. The molecular formula is C23H27ClN2O. The molecule has 0 aromatic heterocycles. The number of oxime groups is 1. The summed E-state index contributed by atoms with van der Waals surface area (Å²) < 4.78 is 0. The quantitative estimate of drug-likeness (QED) is 0.533. The largest absolute Gasteiger partial charge is 0.411 e. The van der Waals surface area contributed by atoms with Crippen LogP contribution in [0.1, 0.15) is 31.7 Å². The summed E-state index contributed by atoms with van der Waals surface area (Å²) in [5.41, 5.74) is 4.12. The lowest BCUT2D eigenvalue weighted by Crippen LogP contribution is -2.39. The molecule has 1 heterocycles. The van der Waals surface area contributed by atoms with Crippen molar-refractivity contribution >= 4 is 23.4 Å². The topological polar surface area (TPSA) is 35.8 Å². The van der Waals surface area contributed by atoms with E-state index in [9.17, 15) is 5.21 Å². The third kappa shape index (κ3) is 4.42. The molecular weight excluding hydrogens is 356 g/mol. The van der Waals surface area contributed by atoms with Crippen molar-refractivity contribution in [3.05, 3.63) is 76.9 Å². The molecule has 2 fully saturated rings. The summed E-state index contributed by atoms with van der Waals surface area (Å²) in [6, 6.07) is 7.88. The van der Waals surface area contributed by atoms with Gasteiger partial charge >= 0.3 is 0 Å². The Morgan fingerprint density at radius 2 is 1.96 bits per heavy atom. The number of halogens is 1. The lowest BCUT2D eigenvalue weighted by molar-refractivity contribution is 0.154. The van der Waals surface area contributed by atoms with Crippen molar-refractivity contribution in [3.63, 3.8) is 0 Å². The van der Waals surface area contributed by atoms with E-state index in [1.807, 2.05) is 49.4 Å². The van der Waals surface area contributed by atoms with E-state index < -0.39 is 0 Å². The maximum Gasteiger partial charge on any atom is 0.0879 e. The second-order valence-corrected chi connectivity index (χ2v) is 7.78. The first-order chi connectivity index (χ1) is 13.1. The van der Waals surface area contributed by atoms with E-state index in [0.717, 1.165) is 60.8 Å². The molecule has 1 aromatic carbocycles. The lowest BCUT2D eigenvalue weighted by Gasteiger charge is -2.39. The van der Waals surface area contributed by atoms with Gasteiger partial charge in [-0.25, -0.2) is 0 Å². The standard InChI is InChI=1S/C23H27ClN2O/c1-3-4-7-21-18(2)23(17-22(21)25-27)12-15-26(16-13-23)14-5-6-19-8-10-20(24)11-9-19/h3-11,27H,2,12-17H2,1H3/b4-3-,6-5+,21-7+,25-22+. The predicted molar refractivity (Wildman–Crippen MR) is 114 cm³/mol. The van der Waals surface area contributed by atoms with Crippen molar-refractivity contribution in [3.8, 4) is 0 Å². The molecule has 1 saturated carbocycles. The average Bonchev–Trinajstić information content (AvgIpc) is 2.95. The van der Waals surface area contributed by atoms with Gasteiger partial charge in [0, 0.05) is 29.0 Å².